The number of aliphatic hydroxyl groups is 4. The molecule has 0 aromatic rings. The number of aliphatic hydroxyl groups excluding tert-OH is 2. The van der Waals surface area contributed by atoms with E-state index in [1.807, 2.05) is 13.0 Å². The molecule has 57 heavy (non-hydrogen) atoms. The molecule has 13 nitrogen and oxygen atoms in total. The second-order valence-corrected chi connectivity index (χ2v) is 19.5. The van der Waals surface area contributed by atoms with Crippen molar-refractivity contribution in [3.63, 3.8) is 0 Å². The van der Waals surface area contributed by atoms with Gasteiger partial charge in [0.15, 0.2) is 11.9 Å². The number of ether oxygens (including phenoxy) is 2. The highest BCUT2D eigenvalue weighted by molar-refractivity contribution is 6.01. The third-order valence-electron chi connectivity index (χ3n) is 14.9. The number of carbonyl (C=O) groups is 4. The van der Waals surface area contributed by atoms with Crippen LogP contribution in [0.15, 0.2) is 23.8 Å². The molecule has 0 radical (unpaired) electrons. The van der Waals surface area contributed by atoms with Gasteiger partial charge in [-0.25, -0.2) is 4.79 Å². The quantitative estimate of drug-likeness (QED) is 0.151. The van der Waals surface area contributed by atoms with Crippen LogP contribution in [0.25, 0.3) is 0 Å². The SMILES string of the molecule is CC[C@H]1OC(=O)[C@H](C)CC[C@@H](O)[C@](C)(O)C[C@@H](C)CNC(C)C(OC(=O)NCCNC(=O)C2[C@H](C)CC3C4CCC5=CC(=O)C=C[C@]5(C)C4C(O)CC32C)[C@]1(C)O. The highest BCUT2D eigenvalue weighted by Crippen LogP contribution is 2.67. The van der Waals surface area contributed by atoms with E-state index in [4.69, 9.17) is 9.47 Å². The molecule has 3 saturated carbocycles. The Morgan fingerprint density at radius 3 is 2.35 bits per heavy atom. The lowest BCUT2D eigenvalue weighted by Gasteiger charge is -2.58. The molecular weight excluding hydrogens is 730 g/mol. The Morgan fingerprint density at radius 2 is 1.67 bits per heavy atom. The van der Waals surface area contributed by atoms with E-state index in [2.05, 4.69) is 36.7 Å². The van der Waals surface area contributed by atoms with Gasteiger partial charge in [-0.1, -0.05) is 53.2 Å². The van der Waals surface area contributed by atoms with Gasteiger partial charge < -0.3 is 45.9 Å². The zero-order valence-corrected chi connectivity index (χ0v) is 35.7. The number of allylic oxidation sites excluding steroid dienone is 4. The number of amides is 2. The molecule has 0 spiro atoms. The number of esters is 1. The lowest BCUT2D eigenvalue weighted by molar-refractivity contribution is -0.185. The van der Waals surface area contributed by atoms with Gasteiger partial charge in [0.25, 0.3) is 0 Å². The van der Waals surface area contributed by atoms with Crippen LogP contribution in [0, 0.1) is 52.3 Å². The Kier molecular flexibility index (Phi) is 13.8. The van der Waals surface area contributed by atoms with Crippen molar-refractivity contribution in [3.8, 4) is 0 Å². The van der Waals surface area contributed by atoms with Crippen molar-refractivity contribution in [1.29, 1.82) is 0 Å². The lowest BCUT2D eigenvalue weighted by atomic mass is 9.47. The predicted molar refractivity (Wildman–Crippen MR) is 214 cm³/mol. The second-order valence-electron chi connectivity index (χ2n) is 19.5. The van der Waals surface area contributed by atoms with E-state index in [9.17, 15) is 39.6 Å². The number of rotatable bonds is 6. The van der Waals surface area contributed by atoms with E-state index in [1.54, 1.807) is 39.8 Å². The third-order valence-corrected chi connectivity index (χ3v) is 14.9. The Morgan fingerprint density at radius 1 is 0.982 bits per heavy atom. The molecule has 2 amide bonds. The average molecular weight is 802 g/mol. The molecule has 1 heterocycles. The Balaban J connectivity index is 1.22. The van der Waals surface area contributed by atoms with Crippen LogP contribution in [-0.2, 0) is 23.9 Å². The summed E-state index contributed by atoms with van der Waals surface area (Å²) in [7, 11) is 0. The van der Waals surface area contributed by atoms with Gasteiger partial charge in [0, 0.05) is 36.4 Å². The molecule has 322 valence electrons. The average Bonchev–Trinajstić information content (AvgIpc) is 3.40. The molecule has 0 aromatic heterocycles. The zero-order chi connectivity index (χ0) is 42.2. The summed E-state index contributed by atoms with van der Waals surface area (Å²) in [4.78, 5) is 52.7. The maximum absolute atomic E-state index is 13.9. The summed E-state index contributed by atoms with van der Waals surface area (Å²) in [6, 6.07) is -0.618. The van der Waals surface area contributed by atoms with Crippen LogP contribution in [0.3, 0.4) is 0 Å². The fourth-order valence-corrected chi connectivity index (χ4v) is 11.9. The minimum Gasteiger partial charge on any atom is -0.459 e. The summed E-state index contributed by atoms with van der Waals surface area (Å²) in [5.74, 6) is -1.14. The number of nitrogens with one attached hydrogen (secondary N) is 3. The minimum atomic E-state index is -1.80. The van der Waals surface area contributed by atoms with Crippen molar-refractivity contribution in [2.75, 3.05) is 19.6 Å². The fraction of sp³-hybridized carbons (Fsp3) is 0.818. The maximum atomic E-state index is 13.9. The Hall–Kier alpha value is -2.84. The minimum absolute atomic E-state index is 0.00198. The first-order valence-electron chi connectivity index (χ1n) is 21.5. The molecule has 0 bridgehead atoms. The fourth-order valence-electron chi connectivity index (χ4n) is 11.9. The number of cyclic esters (lactones) is 1. The second kappa shape index (κ2) is 17.4. The van der Waals surface area contributed by atoms with Crippen molar-refractivity contribution in [3.05, 3.63) is 23.8 Å². The molecule has 4 aliphatic carbocycles. The van der Waals surface area contributed by atoms with E-state index in [1.165, 1.54) is 6.92 Å². The molecule has 7 N–H and O–H groups in total. The topological polar surface area (TPSA) is 204 Å². The van der Waals surface area contributed by atoms with Gasteiger partial charge in [0.1, 0.15) is 11.7 Å². The summed E-state index contributed by atoms with van der Waals surface area (Å²) in [6.07, 6.45) is 4.78. The maximum Gasteiger partial charge on any atom is 0.407 e. The molecule has 0 aromatic carbocycles. The van der Waals surface area contributed by atoms with Crippen LogP contribution < -0.4 is 16.0 Å². The first-order chi connectivity index (χ1) is 26.6. The molecule has 1 aliphatic heterocycles. The van der Waals surface area contributed by atoms with E-state index >= 15 is 0 Å². The monoisotopic (exact) mass is 802 g/mol. The largest absolute Gasteiger partial charge is 0.459 e. The van der Waals surface area contributed by atoms with Crippen LogP contribution in [-0.4, -0.2) is 105 Å². The van der Waals surface area contributed by atoms with Crippen molar-refractivity contribution in [2.24, 2.45) is 52.3 Å². The van der Waals surface area contributed by atoms with Gasteiger partial charge in [-0.15, -0.1) is 0 Å². The number of alkyl carbamates (subject to hydrolysis) is 1. The van der Waals surface area contributed by atoms with Gasteiger partial charge in [-0.05, 0) is 120 Å². The van der Waals surface area contributed by atoms with E-state index in [-0.39, 0.29) is 91.4 Å². The van der Waals surface area contributed by atoms with Gasteiger partial charge >= 0.3 is 12.1 Å². The van der Waals surface area contributed by atoms with Crippen LogP contribution in [0.2, 0.25) is 0 Å². The van der Waals surface area contributed by atoms with Crippen LogP contribution >= 0.6 is 0 Å². The van der Waals surface area contributed by atoms with Crippen LogP contribution in [0.4, 0.5) is 4.79 Å². The molecule has 13 heteroatoms. The van der Waals surface area contributed by atoms with Crippen molar-refractivity contribution in [2.45, 2.75) is 155 Å². The predicted octanol–water partition coefficient (Wildman–Crippen LogP) is 3.96. The lowest BCUT2D eigenvalue weighted by Crippen LogP contribution is -2.61. The zero-order valence-electron chi connectivity index (χ0n) is 35.7. The van der Waals surface area contributed by atoms with Gasteiger partial charge in [0.05, 0.1) is 23.7 Å². The Labute approximate surface area is 339 Å². The number of hydrogen-bond donors (Lipinski definition) is 7. The molecule has 4 fully saturated rings. The van der Waals surface area contributed by atoms with Crippen molar-refractivity contribution in [1.82, 2.24) is 16.0 Å². The molecule has 8 unspecified atom stereocenters. The number of fused-ring (bicyclic) bond motifs is 5. The molecule has 1 saturated heterocycles. The van der Waals surface area contributed by atoms with Gasteiger partial charge in [0.2, 0.25) is 5.91 Å². The van der Waals surface area contributed by atoms with Crippen LogP contribution in [0.1, 0.15) is 114 Å². The summed E-state index contributed by atoms with van der Waals surface area (Å²) in [5.41, 5.74) is -2.88. The third kappa shape index (κ3) is 9.17. The van der Waals surface area contributed by atoms with Crippen molar-refractivity contribution >= 4 is 23.8 Å². The van der Waals surface area contributed by atoms with Gasteiger partial charge in [-0.2, -0.15) is 0 Å². The number of carbonyl (C=O) groups excluding carboxylic acids is 4. The molecule has 5 aliphatic rings. The molecular formula is C44H71N3O10. The van der Waals surface area contributed by atoms with E-state index in [0.717, 1.165) is 24.8 Å². The highest BCUT2D eigenvalue weighted by Gasteiger charge is 2.64. The van der Waals surface area contributed by atoms with Gasteiger partial charge in [-0.3, -0.25) is 14.4 Å². The van der Waals surface area contributed by atoms with E-state index < -0.39 is 65.1 Å². The first-order valence-corrected chi connectivity index (χ1v) is 21.5. The number of ketones is 1. The van der Waals surface area contributed by atoms with E-state index in [0.29, 0.717) is 13.0 Å². The number of hydrogen-bond acceptors (Lipinski definition) is 11. The van der Waals surface area contributed by atoms with Crippen molar-refractivity contribution < 1.29 is 49.1 Å². The highest BCUT2D eigenvalue weighted by atomic mass is 16.6. The Bertz CT molecular complexity index is 1560. The summed E-state index contributed by atoms with van der Waals surface area (Å²) in [6.45, 7) is 17.2. The molecule has 16 atom stereocenters. The summed E-state index contributed by atoms with van der Waals surface area (Å²) < 4.78 is 11.7. The summed E-state index contributed by atoms with van der Waals surface area (Å²) in [5, 5.41) is 54.6. The summed E-state index contributed by atoms with van der Waals surface area (Å²) >= 11 is 0. The van der Waals surface area contributed by atoms with Crippen LogP contribution in [0.5, 0.6) is 0 Å². The smallest absolute Gasteiger partial charge is 0.407 e. The molecule has 5 rings (SSSR count). The normalized spacial score (nSPS) is 45.5. The standard InChI is InChI=1S/C44H71N3O10/c1-10-34-44(9,55)37(27(5)47-23-24(2)21-43(8,54)33(50)14-11-25(3)39(52)56-34)57-40(53)46-18-17-45-38(51)35-26(4)19-31-30-13-12-28-20-29(48)15-16-41(28,6)36(30)32(49)22-42(31,35)7/h15-16,20,24-27,30-37,47,49-50,54-55H,10-14,17-19,21-23H2,1-9H3,(H,45,51)(H,46,53)/t24-,25-,26-,27?,30?,31?,32?,33-,34-,35?,36?,37?,41+,42?,43-,44-/m1/s1. The first kappa shape index (κ1) is 45.2.